The van der Waals surface area contributed by atoms with Crippen molar-refractivity contribution in [3.05, 3.63) is 76.6 Å². The number of nitrogens with zero attached hydrogens (tertiary/aromatic N) is 3. The van der Waals surface area contributed by atoms with Gasteiger partial charge in [0.2, 0.25) is 5.91 Å². The van der Waals surface area contributed by atoms with E-state index in [-0.39, 0.29) is 18.4 Å². The van der Waals surface area contributed by atoms with Gasteiger partial charge in [-0.15, -0.1) is 0 Å². The topological polar surface area (TPSA) is 199 Å². The molecule has 0 radical (unpaired) electrons. The number of rotatable bonds is 13. The predicted molar refractivity (Wildman–Crippen MR) is 199 cm³/mol. The smallest absolute Gasteiger partial charge is 0.338 e. The second-order valence-electron chi connectivity index (χ2n) is 13.5. The van der Waals surface area contributed by atoms with Crippen LogP contribution in [0.1, 0.15) is 85.7 Å². The number of fused-ring (bicyclic) bond motifs is 1. The Bertz CT molecular complexity index is 2140. The minimum absolute atomic E-state index is 0.260. The van der Waals surface area contributed by atoms with E-state index < -0.39 is 36.0 Å². The molecule has 54 heavy (non-hydrogen) atoms. The monoisotopic (exact) mass is 757 g/mol. The van der Waals surface area contributed by atoms with Crippen molar-refractivity contribution >= 4 is 64.0 Å². The molecule has 4 N–H and O–H groups in total. The highest BCUT2D eigenvalue weighted by Gasteiger charge is 2.45. The van der Waals surface area contributed by atoms with Crippen LogP contribution in [0.15, 0.2) is 54.9 Å². The van der Waals surface area contributed by atoms with Gasteiger partial charge in [-0.05, 0) is 80.9 Å². The first-order valence-electron chi connectivity index (χ1n) is 17.7. The van der Waals surface area contributed by atoms with E-state index in [0.717, 1.165) is 54.8 Å². The Morgan fingerprint density at radius 3 is 2.43 bits per heavy atom. The number of carboxylic acids is 1. The molecule has 2 heterocycles. The molecule has 0 aliphatic heterocycles. The van der Waals surface area contributed by atoms with Crippen molar-refractivity contribution in [1.82, 2.24) is 19.9 Å². The van der Waals surface area contributed by atoms with Gasteiger partial charge in [-0.1, -0.05) is 30.5 Å². The van der Waals surface area contributed by atoms with Gasteiger partial charge < -0.3 is 34.9 Å². The van der Waals surface area contributed by atoms with Crippen LogP contribution < -0.4 is 15.4 Å². The van der Waals surface area contributed by atoms with Gasteiger partial charge in [0.1, 0.15) is 11.3 Å². The Morgan fingerprint density at radius 2 is 1.78 bits per heavy atom. The second-order valence-corrected chi connectivity index (χ2v) is 13.9. The van der Waals surface area contributed by atoms with Crippen molar-refractivity contribution in [2.45, 2.75) is 75.9 Å². The fourth-order valence-electron chi connectivity index (χ4n) is 7.04. The number of aromatic nitrogens is 3. The molecule has 2 aromatic heterocycles. The average molecular weight is 758 g/mol. The van der Waals surface area contributed by atoms with Crippen LogP contribution in [-0.4, -0.2) is 72.7 Å². The van der Waals surface area contributed by atoms with E-state index in [0.29, 0.717) is 52.2 Å². The normalized spacial score (nSPS) is 15.8. The third-order valence-corrected chi connectivity index (χ3v) is 10.1. The number of anilines is 1. The Balaban J connectivity index is 1.18. The molecule has 2 aliphatic carbocycles. The molecule has 6 rings (SSSR count). The summed E-state index contributed by atoms with van der Waals surface area (Å²) in [5.74, 6) is -3.43. The lowest BCUT2D eigenvalue weighted by Crippen LogP contribution is -2.61. The molecule has 0 spiro atoms. The fraction of sp³-hybridized carbons (Fsp3) is 0.359. The summed E-state index contributed by atoms with van der Waals surface area (Å²) in [6.45, 7) is 2.02. The number of ether oxygens (including phenoxy) is 2. The molecule has 0 bridgehead atoms. The number of esters is 2. The van der Waals surface area contributed by atoms with E-state index in [2.05, 4.69) is 25.3 Å². The fourth-order valence-corrected chi connectivity index (χ4v) is 7.14. The highest BCUT2D eigenvalue weighted by Crippen LogP contribution is 2.44. The second kappa shape index (κ2) is 16.2. The quantitative estimate of drug-likeness (QED) is 0.0757. The van der Waals surface area contributed by atoms with Gasteiger partial charge in [-0.25, -0.2) is 19.6 Å². The number of carbonyl (C=O) groups is 5. The summed E-state index contributed by atoms with van der Waals surface area (Å²) in [7, 11) is 1.94. The number of halogens is 1. The number of nitrogens with one attached hydrogen (secondary N) is 2. The van der Waals surface area contributed by atoms with Gasteiger partial charge in [0.05, 0.1) is 23.7 Å². The summed E-state index contributed by atoms with van der Waals surface area (Å²) in [5.41, 5.74) is 3.03. The van der Waals surface area contributed by atoms with Crippen molar-refractivity contribution < 1.29 is 43.7 Å². The van der Waals surface area contributed by atoms with Crippen molar-refractivity contribution in [3.8, 4) is 17.3 Å². The molecule has 14 nitrogen and oxygen atoms in total. The third-order valence-electron chi connectivity index (χ3n) is 9.92. The largest absolute Gasteiger partial charge is 0.493 e. The van der Waals surface area contributed by atoms with Crippen LogP contribution in [-0.2, 0) is 31.0 Å². The van der Waals surface area contributed by atoms with Crippen molar-refractivity contribution in [2.75, 3.05) is 11.9 Å². The highest BCUT2D eigenvalue weighted by molar-refractivity contribution is 6.30. The molecular formula is C39H40ClN5O9. The van der Waals surface area contributed by atoms with Crippen LogP contribution in [0.2, 0.25) is 5.02 Å². The van der Waals surface area contributed by atoms with Crippen molar-refractivity contribution in [3.63, 3.8) is 0 Å². The number of carboxylic acid groups (broad SMARTS) is 1. The number of aliphatic hydroxyl groups excluding tert-OH is 1. The molecule has 2 saturated carbocycles. The van der Waals surface area contributed by atoms with E-state index in [1.807, 2.05) is 23.7 Å². The van der Waals surface area contributed by atoms with Gasteiger partial charge in [-0.2, -0.15) is 0 Å². The Labute approximate surface area is 315 Å². The molecule has 2 aliphatic rings. The molecule has 0 unspecified atom stereocenters. The number of hydrogen-bond acceptors (Lipinski definition) is 10. The van der Waals surface area contributed by atoms with Gasteiger partial charge in [-0.3, -0.25) is 14.4 Å². The van der Waals surface area contributed by atoms with E-state index in [1.54, 1.807) is 43.6 Å². The molecule has 2 aromatic carbocycles. The summed E-state index contributed by atoms with van der Waals surface area (Å²) >= 11 is 6.10. The summed E-state index contributed by atoms with van der Waals surface area (Å²) in [4.78, 5) is 71.2. The van der Waals surface area contributed by atoms with Gasteiger partial charge in [0, 0.05) is 59.3 Å². The number of benzene rings is 2. The molecule has 2 fully saturated rings. The summed E-state index contributed by atoms with van der Waals surface area (Å²) < 4.78 is 12.3. The van der Waals surface area contributed by atoms with Crippen LogP contribution in [0.5, 0.6) is 5.75 Å². The highest BCUT2D eigenvalue weighted by atomic mass is 35.5. The zero-order valence-corrected chi connectivity index (χ0v) is 30.5. The summed E-state index contributed by atoms with van der Waals surface area (Å²) in [5, 5.41) is 25.4. The SMILES string of the molecule is CCOc1cc(NC(=O)C2(NC(=O)c3ccc4c(C5CCCC5)c(-c5ncc(Cl)cn5)n(C)c4c3)CCC2)ccc1/C=C/C(=O)OC(=O)C[C@H](O)C(=O)O. The maximum absolute atomic E-state index is 13.8. The molecular weight excluding hydrogens is 718 g/mol. The van der Waals surface area contributed by atoms with Crippen molar-refractivity contribution in [1.29, 1.82) is 0 Å². The van der Waals surface area contributed by atoms with E-state index in [1.165, 1.54) is 11.6 Å². The molecule has 15 heteroatoms. The standard InChI is InChI=1S/C39H40ClN5O9/c1-3-53-30-18-26(12-9-22(30)11-14-31(47)54-32(48)19-29(46)37(50)51)43-38(52)39(15-6-16-39)44-36(49)24-10-13-27-28(17-24)45(2)34(33(27)23-7-4-5-8-23)35-41-20-25(40)21-42-35/h9-14,17-18,20-21,23,29,46H,3-8,15-16,19H2,1-2H3,(H,43,52)(H,44,49)(H,50,51)/b14-11+/t29-/m0/s1. The minimum Gasteiger partial charge on any atom is -0.493 e. The summed E-state index contributed by atoms with van der Waals surface area (Å²) in [6, 6.07) is 10.4. The van der Waals surface area contributed by atoms with Crippen LogP contribution >= 0.6 is 11.6 Å². The Hall–Kier alpha value is -5.60. The van der Waals surface area contributed by atoms with Crippen LogP contribution in [0.4, 0.5) is 5.69 Å². The molecule has 4 aromatic rings. The number of hydrogen-bond donors (Lipinski definition) is 4. The number of carbonyl (C=O) groups excluding carboxylic acids is 4. The lowest BCUT2D eigenvalue weighted by Gasteiger charge is -2.40. The van der Waals surface area contributed by atoms with Gasteiger partial charge in [0.15, 0.2) is 11.9 Å². The molecule has 1 atom stereocenters. The Morgan fingerprint density at radius 1 is 1.06 bits per heavy atom. The zero-order chi connectivity index (χ0) is 38.6. The lowest BCUT2D eigenvalue weighted by atomic mass is 9.75. The first-order chi connectivity index (χ1) is 25.9. The lowest BCUT2D eigenvalue weighted by molar-refractivity contribution is -0.161. The first kappa shape index (κ1) is 38.1. The van der Waals surface area contributed by atoms with Crippen LogP contribution in [0, 0.1) is 0 Å². The minimum atomic E-state index is -1.99. The zero-order valence-electron chi connectivity index (χ0n) is 29.8. The number of aryl methyl sites for hydroxylation is 1. The number of aliphatic hydroxyl groups is 1. The Kier molecular flexibility index (Phi) is 11.4. The van der Waals surface area contributed by atoms with E-state index in [4.69, 9.17) is 21.4 Å². The molecule has 0 saturated heterocycles. The average Bonchev–Trinajstić information content (AvgIpc) is 3.75. The van der Waals surface area contributed by atoms with Crippen molar-refractivity contribution in [2.24, 2.45) is 7.05 Å². The molecule has 2 amide bonds. The van der Waals surface area contributed by atoms with Crippen LogP contribution in [0.25, 0.3) is 28.5 Å². The number of aliphatic carboxylic acids is 1. The van der Waals surface area contributed by atoms with E-state index in [9.17, 15) is 29.1 Å². The number of amides is 2. The van der Waals surface area contributed by atoms with Crippen LogP contribution in [0.3, 0.4) is 0 Å². The first-order valence-corrected chi connectivity index (χ1v) is 18.1. The maximum atomic E-state index is 13.8. The molecule has 282 valence electrons. The van der Waals surface area contributed by atoms with Gasteiger partial charge >= 0.3 is 17.9 Å². The summed E-state index contributed by atoms with van der Waals surface area (Å²) in [6.07, 6.45) is 8.63. The van der Waals surface area contributed by atoms with E-state index >= 15 is 0 Å². The maximum Gasteiger partial charge on any atom is 0.338 e. The predicted octanol–water partition coefficient (Wildman–Crippen LogP) is 5.55. The van der Waals surface area contributed by atoms with Gasteiger partial charge in [0.25, 0.3) is 5.91 Å². The third kappa shape index (κ3) is 8.14.